The first kappa shape index (κ1) is 16.6. The van der Waals surface area contributed by atoms with Crippen LogP contribution in [0.4, 0.5) is 0 Å². The van der Waals surface area contributed by atoms with Crippen molar-refractivity contribution in [2.75, 3.05) is 13.7 Å². The molecule has 6 heteroatoms. The Bertz CT molecular complexity index is 698. The van der Waals surface area contributed by atoms with Gasteiger partial charge in [-0.25, -0.2) is 13.1 Å². The lowest BCUT2D eigenvalue weighted by molar-refractivity contribution is 0.413. The highest BCUT2D eigenvalue weighted by atomic mass is 32.2. The molecule has 22 heavy (non-hydrogen) atoms. The van der Waals surface area contributed by atoms with Crippen molar-refractivity contribution in [3.8, 4) is 5.75 Å². The number of hydrogen-bond acceptors (Lipinski definition) is 4. The molecule has 0 aliphatic carbocycles. The lowest BCUT2D eigenvalue weighted by atomic mass is 10.1. The maximum absolute atomic E-state index is 12.5. The summed E-state index contributed by atoms with van der Waals surface area (Å²) in [5, 5.41) is 0. The molecule has 0 fully saturated rings. The Hall–Kier alpha value is -1.79. The second-order valence-corrected chi connectivity index (χ2v) is 6.87. The molecular formula is C16H21NO4S. The fourth-order valence-corrected chi connectivity index (χ4v) is 3.97. The van der Waals surface area contributed by atoms with Crippen molar-refractivity contribution in [1.29, 1.82) is 0 Å². The Balaban J connectivity index is 2.04. The van der Waals surface area contributed by atoms with E-state index in [1.54, 1.807) is 39.4 Å². The average Bonchev–Trinajstić information content (AvgIpc) is 2.95. The summed E-state index contributed by atoms with van der Waals surface area (Å²) < 4.78 is 37.9. The van der Waals surface area contributed by atoms with E-state index in [-0.39, 0.29) is 0 Å². The molecule has 0 radical (unpaired) electrons. The van der Waals surface area contributed by atoms with Crippen LogP contribution in [0.3, 0.4) is 0 Å². The fourth-order valence-electron chi connectivity index (χ4n) is 2.45. The van der Waals surface area contributed by atoms with Gasteiger partial charge in [-0.15, -0.1) is 0 Å². The quantitative estimate of drug-likeness (QED) is 0.796. The molecule has 1 N–H and O–H groups in total. The normalized spacial score (nSPS) is 11.6. The molecule has 120 valence electrons. The first-order valence-electron chi connectivity index (χ1n) is 7.11. The molecule has 0 unspecified atom stereocenters. The predicted octanol–water partition coefficient (Wildman–Crippen LogP) is 2.82. The summed E-state index contributed by atoms with van der Waals surface area (Å²) in [6.07, 6.45) is 3.00. The van der Waals surface area contributed by atoms with Crippen LogP contribution in [0, 0.1) is 13.8 Å². The third-order valence-corrected chi connectivity index (χ3v) is 5.18. The number of methoxy groups -OCH3 is 1. The van der Waals surface area contributed by atoms with E-state index in [0.29, 0.717) is 41.2 Å². The molecule has 0 amide bonds. The zero-order chi connectivity index (χ0) is 16.2. The largest absolute Gasteiger partial charge is 0.497 e. The van der Waals surface area contributed by atoms with Crippen LogP contribution < -0.4 is 9.46 Å². The molecule has 1 heterocycles. The summed E-state index contributed by atoms with van der Waals surface area (Å²) in [6, 6.07) is 7.16. The van der Waals surface area contributed by atoms with Gasteiger partial charge in [0, 0.05) is 13.0 Å². The maximum atomic E-state index is 12.5. The van der Waals surface area contributed by atoms with Crippen molar-refractivity contribution in [1.82, 2.24) is 4.72 Å². The van der Waals surface area contributed by atoms with Crippen molar-refractivity contribution in [3.63, 3.8) is 0 Å². The third kappa shape index (κ3) is 3.90. The first-order chi connectivity index (χ1) is 10.4. The number of benzene rings is 1. The summed E-state index contributed by atoms with van der Waals surface area (Å²) in [5.74, 6) is 1.52. The van der Waals surface area contributed by atoms with Crippen LogP contribution in [0.15, 0.2) is 39.8 Å². The minimum Gasteiger partial charge on any atom is -0.497 e. The number of nitrogens with one attached hydrogen (secondary N) is 1. The number of ether oxygens (including phenoxy) is 1. The molecule has 2 aromatic rings. The SMILES string of the molecule is COc1cc(C)c(S(=O)(=O)NCCCc2ccco2)c(C)c1. The van der Waals surface area contributed by atoms with E-state index in [9.17, 15) is 8.42 Å². The van der Waals surface area contributed by atoms with Gasteiger partial charge in [0.05, 0.1) is 18.3 Å². The van der Waals surface area contributed by atoms with E-state index >= 15 is 0 Å². The van der Waals surface area contributed by atoms with Gasteiger partial charge in [-0.2, -0.15) is 0 Å². The van der Waals surface area contributed by atoms with Crippen molar-refractivity contribution < 1.29 is 17.6 Å². The smallest absolute Gasteiger partial charge is 0.241 e. The van der Waals surface area contributed by atoms with Crippen LogP contribution in [0.25, 0.3) is 0 Å². The minimum absolute atomic E-state index is 0.325. The van der Waals surface area contributed by atoms with Gasteiger partial charge in [-0.1, -0.05) is 0 Å². The van der Waals surface area contributed by atoms with Crippen LogP contribution in [-0.2, 0) is 16.4 Å². The molecule has 0 saturated heterocycles. The van der Waals surface area contributed by atoms with Crippen LogP contribution in [0.2, 0.25) is 0 Å². The summed E-state index contributed by atoms with van der Waals surface area (Å²) >= 11 is 0. The Morgan fingerprint density at radius 1 is 1.23 bits per heavy atom. The number of rotatable bonds is 7. The monoisotopic (exact) mass is 323 g/mol. The molecule has 0 atom stereocenters. The van der Waals surface area contributed by atoms with Crippen LogP contribution in [-0.4, -0.2) is 22.1 Å². The second-order valence-electron chi connectivity index (χ2n) is 5.17. The minimum atomic E-state index is -3.52. The molecule has 0 spiro atoms. The van der Waals surface area contributed by atoms with Crippen LogP contribution in [0.1, 0.15) is 23.3 Å². The molecule has 5 nitrogen and oxygen atoms in total. The Morgan fingerprint density at radius 2 is 1.91 bits per heavy atom. The van der Waals surface area contributed by atoms with E-state index in [4.69, 9.17) is 9.15 Å². The van der Waals surface area contributed by atoms with Gasteiger partial charge in [-0.05, 0) is 55.7 Å². The van der Waals surface area contributed by atoms with E-state index in [0.717, 1.165) is 5.76 Å². The van der Waals surface area contributed by atoms with Crippen LogP contribution in [0.5, 0.6) is 5.75 Å². The molecule has 2 rings (SSSR count). The van der Waals surface area contributed by atoms with Crippen molar-refractivity contribution in [2.45, 2.75) is 31.6 Å². The highest BCUT2D eigenvalue weighted by Crippen LogP contribution is 2.25. The molecule has 1 aromatic heterocycles. The maximum Gasteiger partial charge on any atom is 0.241 e. The standard InChI is InChI=1S/C16H21NO4S/c1-12-10-15(20-3)11-13(2)16(12)22(18,19)17-8-4-6-14-7-5-9-21-14/h5,7,9-11,17H,4,6,8H2,1-3H3. The van der Waals surface area contributed by atoms with Crippen LogP contribution >= 0.6 is 0 Å². The van der Waals surface area contributed by atoms with E-state index < -0.39 is 10.0 Å². The molecule has 0 aliphatic heterocycles. The molecule has 1 aromatic carbocycles. The summed E-state index contributed by atoms with van der Waals surface area (Å²) in [5.41, 5.74) is 1.35. The Kier molecular flexibility index (Phi) is 5.26. The number of hydrogen-bond donors (Lipinski definition) is 1. The third-order valence-electron chi connectivity index (χ3n) is 3.41. The second kappa shape index (κ2) is 6.98. The van der Waals surface area contributed by atoms with Gasteiger partial charge in [0.2, 0.25) is 10.0 Å². The number of furan rings is 1. The summed E-state index contributed by atoms with van der Waals surface area (Å²) in [6.45, 7) is 3.91. The Morgan fingerprint density at radius 3 is 2.45 bits per heavy atom. The number of aryl methyl sites for hydroxylation is 3. The molecule has 0 aliphatic rings. The van der Waals surface area contributed by atoms with E-state index in [1.165, 1.54) is 0 Å². The van der Waals surface area contributed by atoms with Gasteiger partial charge in [0.1, 0.15) is 11.5 Å². The van der Waals surface area contributed by atoms with E-state index in [1.807, 2.05) is 12.1 Å². The fraction of sp³-hybridized carbons (Fsp3) is 0.375. The van der Waals surface area contributed by atoms with Crippen molar-refractivity contribution in [2.24, 2.45) is 0 Å². The highest BCUT2D eigenvalue weighted by molar-refractivity contribution is 7.89. The topological polar surface area (TPSA) is 68.5 Å². The first-order valence-corrected chi connectivity index (χ1v) is 8.59. The zero-order valence-electron chi connectivity index (χ0n) is 13.0. The van der Waals surface area contributed by atoms with Gasteiger partial charge in [-0.3, -0.25) is 0 Å². The van der Waals surface area contributed by atoms with Gasteiger partial charge < -0.3 is 9.15 Å². The lowest BCUT2D eigenvalue weighted by Crippen LogP contribution is -2.26. The Labute approximate surface area is 131 Å². The highest BCUT2D eigenvalue weighted by Gasteiger charge is 2.19. The zero-order valence-corrected chi connectivity index (χ0v) is 13.9. The van der Waals surface area contributed by atoms with Crippen molar-refractivity contribution in [3.05, 3.63) is 47.4 Å². The van der Waals surface area contributed by atoms with E-state index in [2.05, 4.69) is 4.72 Å². The van der Waals surface area contributed by atoms with Crippen molar-refractivity contribution >= 4 is 10.0 Å². The molecular weight excluding hydrogens is 302 g/mol. The lowest BCUT2D eigenvalue weighted by Gasteiger charge is -2.13. The predicted molar refractivity (Wildman–Crippen MR) is 84.7 cm³/mol. The molecule has 0 bridgehead atoms. The average molecular weight is 323 g/mol. The summed E-state index contributed by atoms with van der Waals surface area (Å²) in [4.78, 5) is 0.325. The molecule has 0 saturated carbocycles. The van der Waals surface area contributed by atoms with Gasteiger partial charge in [0.15, 0.2) is 0 Å². The van der Waals surface area contributed by atoms with Gasteiger partial charge >= 0.3 is 0 Å². The van der Waals surface area contributed by atoms with Gasteiger partial charge in [0.25, 0.3) is 0 Å². The number of sulfonamides is 1. The summed E-state index contributed by atoms with van der Waals surface area (Å²) in [7, 11) is -1.96.